The predicted molar refractivity (Wildman–Crippen MR) is 75.6 cm³/mol. The molecule has 4 nitrogen and oxygen atoms in total. The summed E-state index contributed by atoms with van der Waals surface area (Å²) < 4.78 is 1.99. The molecule has 3 rings (SSSR count). The van der Waals surface area contributed by atoms with Crippen molar-refractivity contribution in [2.75, 3.05) is 31.1 Å². The second kappa shape index (κ2) is 5.17. The van der Waals surface area contributed by atoms with E-state index in [4.69, 9.17) is 5.26 Å². The maximum atomic E-state index is 8.88. The predicted octanol–water partition coefficient (Wildman–Crippen LogP) is 1.76. The first-order valence-corrected chi connectivity index (χ1v) is 6.51. The Balaban J connectivity index is 1.89. The molecule has 19 heavy (non-hydrogen) atoms. The molecule has 0 aliphatic carbocycles. The van der Waals surface area contributed by atoms with Gasteiger partial charge in [-0.2, -0.15) is 5.26 Å². The Kier molecular flexibility index (Phi) is 3.21. The highest BCUT2D eigenvalue weighted by Crippen LogP contribution is 2.20. The number of rotatable bonds is 2. The summed E-state index contributed by atoms with van der Waals surface area (Å²) in [6, 6.07) is 12.4. The third-order valence-electron chi connectivity index (χ3n) is 3.43. The summed E-state index contributed by atoms with van der Waals surface area (Å²) in [5, 5.41) is 12.2. The largest absolute Gasteiger partial charge is 0.369 e. The number of hydrogen-bond donors (Lipinski definition) is 1. The molecule has 1 aromatic carbocycles. The van der Waals surface area contributed by atoms with E-state index in [0.29, 0.717) is 5.56 Å². The molecule has 1 fully saturated rings. The van der Waals surface area contributed by atoms with Crippen molar-refractivity contribution in [1.29, 1.82) is 5.26 Å². The second-order valence-corrected chi connectivity index (χ2v) is 4.68. The van der Waals surface area contributed by atoms with Gasteiger partial charge < -0.3 is 14.8 Å². The van der Waals surface area contributed by atoms with Crippen LogP contribution in [-0.4, -0.2) is 30.7 Å². The minimum absolute atomic E-state index is 0.688. The average molecular weight is 252 g/mol. The third kappa shape index (κ3) is 2.47. The van der Waals surface area contributed by atoms with Crippen molar-refractivity contribution in [2.24, 2.45) is 0 Å². The first kappa shape index (κ1) is 11.8. The number of aromatic nitrogens is 1. The van der Waals surface area contributed by atoms with E-state index in [1.54, 1.807) is 0 Å². The highest BCUT2D eigenvalue weighted by atomic mass is 15.2. The van der Waals surface area contributed by atoms with Gasteiger partial charge in [-0.1, -0.05) is 6.07 Å². The van der Waals surface area contributed by atoms with Crippen LogP contribution in [-0.2, 0) is 0 Å². The minimum atomic E-state index is 0.688. The Morgan fingerprint density at radius 2 is 1.89 bits per heavy atom. The fraction of sp³-hybridized carbons (Fsp3) is 0.267. The lowest BCUT2D eigenvalue weighted by atomic mass is 10.2. The molecule has 2 aromatic rings. The number of nitrogens with zero attached hydrogens (tertiary/aromatic N) is 3. The van der Waals surface area contributed by atoms with Crippen molar-refractivity contribution in [3.05, 3.63) is 48.3 Å². The van der Waals surface area contributed by atoms with Gasteiger partial charge in [-0.25, -0.2) is 0 Å². The van der Waals surface area contributed by atoms with Gasteiger partial charge in [-0.3, -0.25) is 0 Å². The monoisotopic (exact) mass is 252 g/mol. The molecule has 1 saturated heterocycles. The zero-order valence-corrected chi connectivity index (χ0v) is 10.7. The normalized spacial score (nSPS) is 15.2. The Labute approximate surface area is 112 Å². The summed E-state index contributed by atoms with van der Waals surface area (Å²) in [6.07, 6.45) is 3.78. The van der Waals surface area contributed by atoms with E-state index < -0.39 is 0 Å². The lowest BCUT2D eigenvalue weighted by Gasteiger charge is -2.29. The molecule has 4 heteroatoms. The molecule has 0 amide bonds. The van der Waals surface area contributed by atoms with Crippen LogP contribution < -0.4 is 10.2 Å². The second-order valence-electron chi connectivity index (χ2n) is 4.68. The summed E-state index contributed by atoms with van der Waals surface area (Å²) in [7, 11) is 0. The summed E-state index contributed by atoms with van der Waals surface area (Å²) in [5.74, 6) is 0. The molecule has 1 aromatic heterocycles. The summed E-state index contributed by atoms with van der Waals surface area (Å²) >= 11 is 0. The van der Waals surface area contributed by atoms with Gasteiger partial charge in [0.05, 0.1) is 5.56 Å². The molecule has 0 unspecified atom stereocenters. The van der Waals surface area contributed by atoms with Crippen molar-refractivity contribution in [3.63, 3.8) is 0 Å². The van der Waals surface area contributed by atoms with Crippen LogP contribution in [0.2, 0.25) is 0 Å². The molecule has 0 atom stereocenters. The van der Waals surface area contributed by atoms with Gasteiger partial charge in [0.2, 0.25) is 0 Å². The smallest absolute Gasteiger partial charge is 0.101 e. The van der Waals surface area contributed by atoms with E-state index in [2.05, 4.69) is 40.6 Å². The van der Waals surface area contributed by atoms with Crippen molar-refractivity contribution < 1.29 is 0 Å². The highest BCUT2D eigenvalue weighted by Gasteiger charge is 2.10. The maximum Gasteiger partial charge on any atom is 0.101 e. The highest BCUT2D eigenvalue weighted by molar-refractivity contribution is 5.54. The minimum Gasteiger partial charge on any atom is -0.369 e. The first-order valence-electron chi connectivity index (χ1n) is 6.51. The lowest BCUT2D eigenvalue weighted by molar-refractivity contribution is 0.589. The third-order valence-corrected chi connectivity index (χ3v) is 3.43. The fourth-order valence-corrected chi connectivity index (χ4v) is 2.40. The van der Waals surface area contributed by atoms with Crippen molar-refractivity contribution >= 4 is 5.69 Å². The van der Waals surface area contributed by atoms with Crippen LogP contribution in [0.15, 0.2) is 42.7 Å². The molecular weight excluding hydrogens is 236 g/mol. The van der Waals surface area contributed by atoms with E-state index in [0.717, 1.165) is 31.9 Å². The molecule has 0 spiro atoms. The van der Waals surface area contributed by atoms with Crippen molar-refractivity contribution in [3.8, 4) is 11.8 Å². The maximum absolute atomic E-state index is 8.88. The van der Waals surface area contributed by atoms with E-state index in [-0.39, 0.29) is 0 Å². The molecule has 1 aliphatic heterocycles. The van der Waals surface area contributed by atoms with Gasteiger partial charge in [-0.15, -0.1) is 0 Å². The van der Waals surface area contributed by atoms with Crippen LogP contribution in [0.4, 0.5) is 5.69 Å². The lowest BCUT2D eigenvalue weighted by Crippen LogP contribution is -2.43. The van der Waals surface area contributed by atoms with Gasteiger partial charge in [0.25, 0.3) is 0 Å². The molecule has 0 radical (unpaired) electrons. The SMILES string of the molecule is N#Cc1ccn(-c2cccc(N3CCNCC3)c2)c1. The summed E-state index contributed by atoms with van der Waals surface area (Å²) in [4.78, 5) is 2.38. The fourth-order valence-electron chi connectivity index (χ4n) is 2.40. The Hall–Kier alpha value is -2.25. The van der Waals surface area contributed by atoms with Crippen LogP contribution in [0.3, 0.4) is 0 Å². The van der Waals surface area contributed by atoms with Gasteiger partial charge >= 0.3 is 0 Å². The molecule has 0 saturated carbocycles. The Bertz CT molecular complexity index is 603. The van der Waals surface area contributed by atoms with Crippen molar-refractivity contribution in [2.45, 2.75) is 0 Å². The number of nitrogens with one attached hydrogen (secondary N) is 1. The molecule has 1 aliphatic rings. The van der Waals surface area contributed by atoms with Crippen molar-refractivity contribution in [1.82, 2.24) is 9.88 Å². The van der Waals surface area contributed by atoms with E-state index >= 15 is 0 Å². The van der Waals surface area contributed by atoms with Crippen LogP contribution in [0.5, 0.6) is 0 Å². The molecule has 1 N–H and O–H groups in total. The molecular formula is C15H16N4. The van der Waals surface area contributed by atoms with Gasteiger partial charge in [-0.05, 0) is 24.3 Å². The van der Waals surface area contributed by atoms with E-state index in [1.165, 1.54) is 5.69 Å². The Morgan fingerprint density at radius 3 is 2.63 bits per heavy atom. The molecule has 2 heterocycles. The number of piperazine rings is 1. The first-order chi connectivity index (χ1) is 9.36. The quantitative estimate of drug-likeness (QED) is 0.885. The number of benzene rings is 1. The topological polar surface area (TPSA) is 44.0 Å². The van der Waals surface area contributed by atoms with Crippen LogP contribution >= 0.6 is 0 Å². The number of anilines is 1. The average Bonchev–Trinajstić information content (AvgIpc) is 2.97. The zero-order valence-electron chi connectivity index (χ0n) is 10.7. The van der Waals surface area contributed by atoms with Gasteiger partial charge in [0, 0.05) is 49.9 Å². The van der Waals surface area contributed by atoms with E-state index in [9.17, 15) is 0 Å². The summed E-state index contributed by atoms with van der Waals surface area (Å²) in [6.45, 7) is 4.15. The number of hydrogen-bond acceptors (Lipinski definition) is 3. The standard InChI is InChI=1S/C15H16N4/c16-11-13-4-7-19(12-13)15-3-1-2-14(10-15)18-8-5-17-6-9-18/h1-4,7,10,12,17H,5-6,8-9H2. The molecule has 0 bridgehead atoms. The Morgan fingerprint density at radius 1 is 1.11 bits per heavy atom. The molecule has 96 valence electrons. The summed E-state index contributed by atoms with van der Waals surface area (Å²) in [5.41, 5.74) is 3.02. The number of nitriles is 1. The van der Waals surface area contributed by atoms with Crippen LogP contribution in [0.25, 0.3) is 5.69 Å². The zero-order chi connectivity index (χ0) is 13.1. The van der Waals surface area contributed by atoms with Gasteiger partial charge in [0.15, 0.2) is 0 Å². The van der Waals surface area contributed by atoms with E-state index in [1.807, 2.05) is 23.0 Å². The van der Waals surface area contributed by atoms with Gasteiger partial charge in [0.1, 0.15) is 6.07 Å². The van der Waals surface area contributed by atoms with Crippen LogP contribution in [0, 0.1) is 11.3 Å². The van der Waals surface area contributed by atoms with Crippen LogP contribution in [0.1, 0.15) is 5.56 Å².